The fourth-order valence-corrected chi connectivity index (χ4v) is 3.66. The molecule has 1 atom stereocenters. The van der Waals surface area contributed by atoms with Crippen LogP contribution in [0.5, 0.6) is 5.75 Å². The molecule has 6 nitrogen and oxygen atoms in total. The van der Waals surface area contributed by atoms with Crippen LogP contribution in [0.15, 0.2) is 42.5 Å². The number of benzene rings is 2. The van der Waals surface area contributed by atoms with E-state index < -0.39 is 34.0 Å². The predicted octanol–water partition coefficient (Wildman–Crippen LogP) is 4.06. The smallest absolute Gasteiger partial charge is 0.416 e. The Balaban J connectivity index is 1.77. The Labute approximate surface area is 174 Å². The van der Waals surface area contributed by atoms with Crippen molar-refractivity contribution in [2.24, 2.45) is 0 Å². The van der Waals surface area contributed by atoms with E-state index in [9.17, 15) is 27.6 Å². The molecule has 0 radical (unpaired) electrons. The lowest BCUT2D eigenvalue weighted by Crippen LogP contribution is -2.24. The van der Waals surface area contributed by atoms with Crippen LogP contribution >= 0.6 is 11.8 Å². The molecule has 3 amide bonds. The molecule has 2 aromatic carbocycles. The summed E-state index contributed by atoms with van der Waals surface area (Å²) in [5.41, 5.74) is 0.341. The molecule has 1 aliphatic rings. The highest BCUT2D eigenvalue weighted by Gasteiger charge is 2.34. The number of carbonyl (C=O) groups excluding carboxylic acids is 3. The lowest BCUT2D eigenvalue weighted by Gasteiger charge is -2.14. The maximum absolute atomic E-state index is 12.7. The van der Waals surface area contributed by atoms with Gasteiger partial charge in [0.15, 0.2) is 0 Å². The SMILES string of the molecule is CCOc1ccc(C2SC(=O)NC2=O)cc1C(=O)NCc1ccc(C(F)(F)F)cc1. The van der Waals surface area contributed by atoms with Crippen molar-refractivity contribution in [1.29, 1.82) is 0 Å². The number of amides is 3. The molecule has 3 rings (SSSR count). The highest BCUT2D eigenvalue weighted by molar-refractivity contribution is 8.15. The lowest BCUT2D eigenvalue weighted by molar-refractivity contribution is -0.137. The van der Waals surface area contributed by atoms with Crippen molar-refractivity contribution in [2.45, 2.75) is 24.9 Å². The number of ether oxygens (including phenoxy) is 1. The minimum atomic E-state index is -4.43. The summed E-state index contributed by atoms with van der Waals surface area (Å²) in [7, 11) is 0. The molecular weight excluding hydrogens is 421 g/mol. The van der Waals surface area contributed by atoms with Crippen LogP contribution in [0.25, 0.3) is 0 Å². The molecule has 0 spiro atoms. The van der Waals surface area contributed by atoms with Gasteiger partial charge in [0, 0.05) is 6.54 Å². The summed E-state index contributed by atoms with van der Waals surface area (Å²) < 4.78 is 43.4. The monoisotopic (exact) mass is 438 g/mol. The predicted molar refractivity (Wildman–Crippen MR) is 104 cm³/mol. The number of carbonyl (C=O) groups is 3. The summed E-state index contributed by atoms with van der Waals surface area (Å²) >= 11 is 0.816. The van der Waals surface area contributed by atoms with E-state index in [0.29, 0.717) is 23.5 Å². The first-order valence-corrected chi connectivity index (χ1v) is 9.79. The summed E-state index contributed by atoms with van der Waals surface area (Å²) in [6, 6.07) is 9.09. The summed E-state index contributed by atoms with van der Waals surface area (Å²) in [6.45, 7) is 2.05. The van der Waals surface area contributed by atoms with Crippen LogP contribution in [0.3, 0.4) is 0 Å². The van der Waals surface area contributed by atoms with Gasteiger partial charge in [-0.05, 0) is 54.1 Å². The van der Waals surface area contributed by atoms with E-state index in [-0.39, 0.29) is 12.1 Å². The molecule has 1 fully saturated rings. The topological polar surface area (TPSA) is 84.5 Å². The van der Waals surface area contributed by atoms with Gasteiger partial charge in [-0.15, -0.1) is 0 Å². The fraction of sp³-hybridized carbons (Fsp3) is 0.250. The molecule has 0 bridgehead atoms. The molecule has 1 unspecified atom stereocenters. The number of nitrogens with one attached hydrogen (secondary N) is 2. The molecule has 1 saturated heterocycles. The standard InChI is InChI=1S/C20H17F3N2O4S/c1-2-29-15-8-5-12(16-18(27)25-19(28)30-16)9-14(15)17(26)24-10-11-3-6-13(7-4-11)20(21,22)23/h3-9,16H,2,10H2,1H3,(H,24,26)(H,25,27,28). The van der Waals surface area contributed by atoms with Crippen LogP contribution in [0, 0.1) is 0 Å². The third-order valence-electron chi connectivity index (χ3n) is 4.27. The van der Waals surface area contributed by atoms with E-state index in [1.807, 2.05) is 0 Å². The van der Waals surface area contributed by atoms with Crippen molar-refractivity contribution in [3.05, 3.63) is 64.7 Å². The Kier molecular flexibility index (Phi) is 6.35. The Hall–Kier alpha value is -3.01. The van der Waals surface area contributed by atoms with E-state index in [1.54, 1.807) is 19.1 Å². The van der Waals surface area contributed by atoms with E-state index in [1.165, 1.54) is 18.2 Å². The van der Waals surface area contributed by atoms with Crippen LogP contribution < -0.4 is 15.4 Å². The molecule has 1 heterocycles. The van der Waals surface area contributed by atoms with Crippen molar-refractivity contribution in [3.8, 4) is 5.75 Å². The van der Waals surface area contributed by atoms with Gasteiger partial charge in [-0.2, -0.15) is 13.2 Å². The average molecular weight is 438 g/mol. The number of alkyl halides is 3. The number of rotatable bonds is 6. The van der Waals surface area contributed by atoms with Gasteiger partial charge >= 0.3 is 6.18 Å². The molecule has 30 heavy (non-hydrogen) atoms. The molecule has 158 valence electrons. The highest BCUT2D eigenvalue weighted by atomic mass is 32.2. The van der Waals surface area contributed by atoms with Crippen molar-refractivity contribution in [3.63, 3.8) is 0 Å². The Bertz CT molecular complexity index is 977. The lowest BCUT2D eigenvalue weighted by atomic mass is 10.1. The number of thioether (sulfide) groups is 1. The van der Waals surface area contributed by atoms with Gasteiger partial charge < -0.3 is 10.1 Å². The van der Waals surface area contributed by atoms with Gasteiger partial charge in [-0.25, -0.2) is 0 Å². The summed E-state index contributed by atoms with van der Waals surface area (Å²) in [5, 5.41) is 3.59. The summed E-state index contributed by atoms with van der Waals surface area (Å²) in [6.07, 6.45) is -4.43. The molecule has 0 aliphatic carbocycles. The minimum Gasteiger partial charge on any atom is -0.493 e. The summed E-state index contributed by atoms with van der Waals surface area (Å²) in [5.74, 6) is -0.693. The van der Waals surface area contributed by atoms with Gasteiger partial charge in [-0.1, -0.05) is 18.2 Å². The van der Waals surface area contributed by atoms with Gasteiger partial charge in [-0.3, -0.25) is 19.7 Å². The highest BCUT2D eigenvalue weighted by Crippen LogP contribution is 2.36. The molecule has 0 saturated carbocycles. The van der Waals surface area contributed by atoms with Crippen LogP contribution in [0.4, 0.5) is 18.0 Å². The quantitative estimate of drug-likeness (QED) is 0.711. The van der Waals surface area contributed by atoms with Gasteiger partial charge in [0.25, 0.3) is 11.1 Å². The second-order valence-electron chi connectivity index (χ2n) is 6.34. The first-order valence-electron chi connectivity index (χ1n) is 8.91. The second kappa shape index (κ2) is 8.78. The van der Waals surface area contributed by atoms with Crippen molar-refractivity contribution >= 4 is 28.8 Å². The van der Waals surface area contributed by atoms with Crippen molar-refractivity contribution < 1.29 is 32.3 Å². The molecule has 2 aromatic rings. The van der Waals surface area contributed by atoms with E-state index in [4.69, 9.17) is 4.74 Å². The van der Waals surface area contributed by atoms with Gasteiger partial charge in [0.1, 0.15) is 11.0 Å². The number of hydrogen-bond acceptors (Lipinski definition) is 5. The van der Waals surface area contributed by atoms with Crippen LogP contribution in [0.2, 0.25) is 0 Å². The molecular formula is C20H17F3N2O4S. The van der Waals surface area contributed by atoms with Crippen LogP contribution in [-0.4, -0.2) is 23.7 Å². The zero-order valence-corrected chi connectivity index (χ0v) is 16.5. The van der Waals surface area contributed by atoms with Crippen molar-refractivity contribution in [2.75, 3.05) is 6.61 Å². The third-order valence-corrected chi connectivity index (χ3v) is 5.31. The minimum absolute atomic E-state index is 0.00388. The van der Waals surface area contributed by atoms with Crippen molar-refractivity contribution in [1.82, 2.24) is 10.6 Å². The first-order chi connectivity index (χ1) is 14.2. The first kappa shape index (κ1) is 21.7. The second-order valence-corrected chi connectivity index (χ2v) is 7.42. The zero-order chi connectivity index (χ0) is 21.9. The zero-order valence-electron chi connectivity index (χ0n) is 15.7. The summed E-state index contributed by atoms with van der Waals surface area (Å²) in [4.78, 5) is 36.1. The number of imide groups is 1. The van der Waals surface area contributed by atoms with E-state index in [2.05, 4.69) is 10.6 Å². The van der Waals surface area contributed by atoms with E-state index >= 15 is 0 Å². The number of halogens is 3. The fourth-order valence-electron chi connectivity index (χ4n) is 2.83. The number of hydrogen-bond donors (Lipinski definition) is 2. The maximum atomic E-state index is 12.7. The Morgan fingerprint density at radius 1 is 1.17 bits per heavy atom. The van der Waals surface area contributed by atoms with Gasteiger partial charge in [0.05, 0.1) is 17.7 Å². The Morgan fingerprint density at radius 3 is 2.43 bits per heavy atom. The van der Waals surface area contributed by atoms with Crippen LogP contribution in [-0.2, 0) is 17.5 Å². The average Bonchev–Trinajstić information content (AvgIpc) is 3.04. The molecule has 1 aliphatic heterocycles. The molecule has 2 N–H and O–H groups in total. The molecule has 0 aromatic heterocycles. The van der Waals surface area contributed by atoms with Gasteiger partial charge in [0.2, 0.25) is 5.91 Å². The molecule has 10 heteroatoms. The normalized spacial score (nSPS) is 16.3. The Morgan fingerprint density at radius 2 is 1.87 bits per heavy atom. The third kappa shape index (κ3) is 4.93. The maximum Gasteiger partial charge on any atom is 0.416 e. The van der Waals surface area contributed by atoms with Crippen LogP contribution in [0.1, 0.15) is 39.2 Å². The van der Waals surface area contributed by atoms with E-state index in [0.717, 1.165) is 23.9 Å². The largest absolute Gasteiger partial charge is 0.493 e.